The van der Waals surface area contributed by atoms with E-state index >= 15 is 0 Å². The third-order valence-electron chi connectivity index (χ3n) is 3.69. The lowest BCUT2D eigenvalue weighted by atomic mass is 10.1. The van der Waals surface area contributed by atoms with Crippen LogP contribution < -0.4 is 10.5 Å². The van der Waals surface area contributed by atoms with Gasteiger partial charge in [-0.05, 0) is 52.7 Å². The molecule has 0 radical (unpaired) electrons. The van der Waals surface area contributed by atoms with E-state index in [2.05, 4.69) is 20.7 Å². The molecule has 0 amide bonds. The van der Waals surface area contributed by atoms with Gasteiger partial charge in [-0.3, -0.25) is 0 Å². The van der Waals surface area contributed by atoms with E-state index in [4.69, 9.17) is 5.73 Å². The average Bonchev–Trinajstić information content (AvgIpc) is 3.12. The maximum absolute atomic E-state index is 13.7. The van der Waals surface area contributed by atoms with E-state index in [-0.39, 0.29) is 11.1 Å². The fraction of sp³-hybridized carbons (Fsp3) is 0.500. The van der Waals surface area contributed by atoms with Crippen LogP contribution in [-0.4, -0.2) is 15.0 Å². The Morgan fingerprint density at radius 3 is 2.63 bits per heavy atom. The Labute approximate surface area is 120 Å². The Morgan fingerprint density at radius 1 is 1.47 bits per heavy atom. The quantitative estimate of drug-likeness (QED) is 0.801. The Hall–Kier alpha value is -0.660. The molecule has 0 aromatic heterocycles. The molecule has 3 N–H and O–H groups in total. The number of rotatable bonds is 5. The molecule has 0 saturated heterocycles. The van der Waals surface area contributed by atoms with Gasteiger partial charge in [0.05, 0.1) is 0 Å². The summed E-state index contributed by atoms with van der Waals surface area (Å²) in [6, 6.07) is 2.20. The van der Waals surface area contributed by atoms with Gasteiger partial charge in [0, 0.05) is 16.7 Å². The van der Waals surface area contributed by atoms with Gasteiger partial charge in [-0.15, -0.1) is 0 Å². The van der Waals surface area contributed by atoms with Gasteiger partial charge >= 0.3 is 0 Å². The zero-order chi connectivity index (χ0) is 14.3. The van der Waals surface area contributed by atoms with Crippen LogP contribution in [0.25, 0.3) is 0 Å². The van der Waals surface area contributed by atoms with E-state index in [0.29, 0.717) is 11.0 Å². The molecule has 19 heavy (non-hydrogen) atoms. The summed E-state index contributed by atoms with van der Waals surface area (Å²) in [5.74, 6) is -0.810. The molecule has 0 heterocycles. The minimum absolute atomic E-state index is 0.0600. The lowest BCUT2D eigenvalue weighted by molar-refractivity contribution is 0.473. The first-order valence-electron chi connectivity index (χ1n) is 6.04. The van der Waals surface area contributed by atoms with Crippen LogP contribution in [-0.2, 0) is 10.0 Å². The minimum Gasteiger partial charge on any atom is -0.398 e. The van der Waals surface area contributed by atoms with Gasteiger partial charge < -0.3 is 5.73 Å². The lowest BCUT2D eigenvalue weighted by Gasteiger charge is -2.14. The summed E-state index contributed by atoms with van der Waals surface area (Å²) >= 11 is 3.06. The summed E-state index contributed by atoms with van der Waals surface area (Å²) in [5, 5.41) is 0. The normalized spacial score (nSPS) is 17.4. The molecule has 7 heteroatoms. The topological polar surface area (TPSA) is 72.2 Å². The van der Waals surface area contributed by atoms with E-state index in [1.54, 1.807) is 0 Å². The molecule has 1 saturated carbocycles. The van der Waals surface area contributed by atoms with Crippen molar-refractivity contribution in [3.8, 4) is 0 Å². The number of nitrogens with one attached hydrogen (secondary N) is 1. The van der Waals surface area contributed by atoms with Crippen LogP contribution in [0.5, 0.6) is 0 Å². The fourth-order valence-electron chi connectivity index (χ4n) is 1.91. The molecule has 0 spiro atoms. The van der Waals surface area contributed by atoms with Crippen molar-refractivity contribution in [3.63, 3.8) is 0 Å². The van der Waals surface area contributed by atoms with Crippen LogP contribution in [0, 0.1) is 11.2 Å². The molecular weight excluding hydrogens is 335 g/mol. The second-order valence-corrected chi connectivity index (χ2v) is 7.57. The van der Waals surface area contributed by atoms with E-state index in [1.165, 1.54) is 0 Å². The molecule has 1 fully saturated rings. The Kier molecular flexibility index (Phi) is 3.90. The lowest BCUT2D eigenvalue weighted by Crippen LogP contribution is -2.30. The molecule has 1 aliphatic carbocycles. The maximum atomic E-state index is 13.7. The molecule has 0 bridgehead atoms. The predicted molar refractivity (Wildman–Crippen MR) is 75.7 cm³/mol. The highest BCUT2D eigenvalue weighted by Crippen LogP contribution is 2.48. The van der Waals surface area contributed by atoms with Crippen molar-refractivity contribution in [2.45, 2.75) is 31.1 Å². The molecule has 1 aliphatic rings. The first-order valence-corrected chi connectivity index (χ1v) is 8.31. The van der Waals surface area contributed by atoms with Crippen molar-refractivity contribution in [2.24, 2.45) is 5.41 Å². The van der Waals surface area contributed by atoms with Crippen LogP contribution in [0.4, 0.5) is 10.1 Å². The van der Waals surface area contributed by atoms with Crippen molar-refractivity contribution in [3.05, 3.63) is 22.4 Å². The first kappa shape index (κ1) is 14.7. The zero-order valence-electron chi connectivity index (χ0n) is 10.5. The van der Waals surface area contributed by atoms with Gasteiger partial charge in [0.2, 0.25) is 10.0 Å². The van der Waals surface area contributed by atoms with Gasteiger partial charge in [0.1, 0.15) is 10.7 Å². The molecule has 0 unspecified atom stereocenters. The van der Waals surface area contributed by atoms with Crippen LogP contribution >= 0.6 is 15.9 Å². The Balaban J connectivity index is 2.22. The average molecular weight is 351 g/mol. The smallest absolute Gasteiger partial charge is 0.243 e. The molecule has 106 valence electrons. The van der Waals surface area contributed by atoms with Crippen molar-refractivity contribution < 1.29 is 12.8 Å². The van der Waals surface area contributed by atoms with Crippen molar-refractivity contribution in [1.29, 1.82) is 0 Å². The predicted octanol–water partition coefficient (Wildman–Crippen LogP) is 2.64. The third-order valence-corrected chi connectivity index (χ3v) is 5.79. The minimum atomic E-state index is -3.86. The summed E-state index contributed by atoms with van der Waals surface area (Å²) in [6.45, 7) is 2.38. The van der Waals surface area contributed by atoms with E-state index in [1.807, 2.05) is 6.92 Å². The SMILES string of the molecule is CCC1(CNS(=O)(=O)c2cc(N)c(Br)cc2F)CC1. The number of benzene rings is 1. The second-order valence-electron chi connectivity index (χ2n) is 4.98. The van der Waals surface area contributed by atoms with E-state index in [9.17, 15) is 12.8 Å². The van der Waals surface area contributed by atoms with Gasteiger partial charge in [0.15, 0.2) is 0 Å². The summed E-state index contributed by atoms with van der Waals surface area (Å²) in [7, 11) is -3.86. The zero-order valence-corrected chi connectivity index (χ0v) is 12.9. The van der Waals surface area contributed by atoms with E-state index in [0.717, 1.165) is 31.4 Å². The van der Waals surface area contributed by atoms with Gasteiger partial charge in [-0.1, -0.05) is 6.92 Å². The van der Waals surface area contributed by atoms with Crippen LogP contribution in [0.1, 0.15) is 26.2 Å². The fourth-order valence-corrected chi connectivity index (χ4v) is 3.47. The molecule has 0 atom stereocenters. The van der Waals surface area contributed by atoms with Crippen molar-refractivity contribution in [2.75, 3.05) is 12.3 Å². The summed E-state index contributed by atoms with van der Waals surface area (Å²) in [5.41, 5.74) is 5.85. The molecular formula is C12H16BrFN2O2S. The van der Waals surface area contributed by atoms with Gasteiger partial charge in [-0.25, -0.2) is 17.5 Å². The van der Waals surface area contributed by atoms with Crippen molar-refractivity contribution >= 4 is 31.6 Å². The summed E-state index contributed by atoms with van der Waals surface area (Å²) < 4.78 is 40.7. The third kappa shape index (κ3) is 3.09. The standard InChI is InChI=1S/C12H16BrFN2O2S/c1-2-12(3-4-12)7-16-19(17,18)11-6-10(15)8(13)5-9(11)14/h5-6,16H,2-4,7,15H2,1H3. The Morgan fingerprint density at radius 2 is 2.11 bits per heavy atom. The second kappa shape index (κ2) is 5.03. The summed E-state index contributed by atoms with van der Waals surface area (Å²) in [6.07, 6.45) is 2.94. The number of hydrogen-bond donors (Lipinski definition) is 2. The van der Waals surface area contributed by atoms with Crippen molar-refractivity contribution in [1.82, 2.24) is 4.72 Å². The largest absolute Gasteiger partial charge is 0.398 e. The number of nitrogen functional groups attached to an aromatic ring is 1. The molecule has 0 aliphatic heterocycles. The van der Waals surface area contributed by atoms with Crippen LogP contribution in [0.3, 0.4) is 0 Å². The summed E-state index contributed by atoms with van der Waals surface area (Å²) in [4.78, 5) is -0.403. The molecule has 4 nitrogen and oxygen atoms in total. The number of nitrogens with two attached hydrogens (primary N) is 1. The number of anilines is 1. The monoisotopic (exact) mass is 350 g/mol. The first-order chi connectivity index (χ1) is 8.80. The molecule has 1 aromatic rings. The van der Waals surface area contributed by atoms with Crippen LogP contribution in [0.15, 0.2) is 21.5 Å². The highest BCUT2D eigenvalue weighted by atomic mass is 79.9. The molecule has 2 rings (SSSR count). The number of halogens is 2. The highest BCUT2D eigenvalue weighted by Gasteiger charge is 2.41. The van der Waals surface area contributed by atoms with Gasteiger partial charge in [0.25, 0.3) is 0 Å². The number of hydrogen-bond acceptors (Lipinski definition) is 3. The van der Waals surface area contributed by atoms with Crippen LogP contribution in [0.2, 0.25) is 0 Å². The van der Waals surface area contributed by atoms with E-state index < -0.39 is 20.7 Å². The number of sulfonamides is 1. The van der Waals surface area contributed by atoms with Gasteiger partial charge in [-0.2, -0.15) is 0 Å². The highest BCUT2D eigenvalue weighted by molar-refractivity contribution is 9.10. The maximum Gasteiger partial charge on any atom is 0.243 e. The molecule has 1 aromatic carbocycles. The Bertz CT molecular complexity index is 600.